The Kier molecular flexibility index (Phi) is 8.93. The summed E-state index contributed by atoms with van der Waals surface area (Å²) in [7, 11) is 1.55. The third-order valence-corrected chi connectivity index (χ3v) is 7.85. The minimum absolute atomic E-state index is 0.0274. The molecule has 0 aliphatic carbocycles. The summed E-state index contributed by atoms with van der Waals surface area (Å²) in [6.45, 7) is 2.16. The van der Waals surface area contributed by atoms with Gasteiger partial charge in [0, 0.05) is 23.8 Å². The molecule has 37 heavy (non-hydrogen) atoms. The van der Waals surface area contributed by atoms with Crippen LogP contribution in [0.15, 0.2) is 36.5 Å². The molecule has 0 saturated carbocycles. The summed E-state index contributed by atoms with van der Waals surface area (Å²) >= 11 is 6.36. The number of rotatable bonds is 10. The maximum atomic E-state index is 15.6. The second-order valence-electron chi connectivity index (χ2n) is 9.89. The lowest BCUT2D eigenvalue weighted by Crippen LogP contribution is -2.42. The SMILES string of the molecule is COc1ccc2ncc(Cl)c([C@H](F)CCC3(CO)CCN(CCCc4cc(F)c(F)c(F)c4)CC3)c2c1. The Labute approximate surface area is 219 Å². The zero-order valence-corrected chi connectivity index (χ0v) is 21.5. The number of ether oxygens (including phenoxy) is 1. The van der Waals surface area contributed by atoms with Gasteiger partial charge in [0.15, 0.2) is 17.5 Å². The van der Waals surface area contributed by atoms with E-state index in [2.05, 4.69) is 9.88 Å². The first kappa shape index (κ1) is 27.6. The highest BCUT2D eigenvalue weighted by atomic mass is 35.5. The second kappa shape index (κ2) is 12.0. The fourth-order valence-corrected chi connectivity index (χ4v) is 5.46. The zero-order valence-electron chi connectivity index (χ0n) is 20.8. The van der Waals surface area contributed by atoms with Crippen LogP contribution in [-0.2, 0) is 6.42 Å². The second-order valence-corrected chi connectivity index (χ2v) is 10.3. The molecule has 9 heteroatoms. The Bertz CT molecular complexity index is 1210. The first-order valence-electron chi connectivity index (χ1n) is 12.5. The number of aliphatic hydroxyl groups is 1. The van der Waals surface area contributed by atoms with Crippen LogP contribution in [0.1, 0.15) is 49.4 Å². The van der Waals surface area contributed by atoms with Gasteiger partial charge < -0.3 is 14.7 Å². The lowest BCUT2D eigenvalue weighted by molar-refractivity contribution is 0.0300. The van der Waals surface area contributed by atoms with E-state index in [0.717, 1.165) is 25.2 Å². The lowest BCUT2D eigenvalue weighted by Gasteiger charge is -2.41. The summed E-state index contributed by atoms with van der Waals surface area (Å²) < 4.78 is 60.9. The molecule has 0 spiro atoms. The van der Waals surface area contributed by atoms with Crippen molar-refractivity contribution in [2.45, 2.75) is 44.7 Å². The lowest BCUT2D eigenvalue weighted by atomic mass is 9.74. The van der Waals surface area contributed by atoms with E-state index < -0.39 is 23.6 Å². The van der Waals surface area contributed by atoms with E-state index in [-0.39, 0.29) is 23.5 Å². The van der Waals surface area contributed by atoms with Crippen LogP contribution in [0.3, 0.4) is 0 Å². The number of aryl methyl sites for hydroxylation is 1. The highest BCUT2D eigenvalue weighted by Gasteiger charge is 2.35. The molecule has 2 aromatic carbocycles. The molecule has 4 rings (SSSR count). The molecule has 0 amide bonds. The number of aliphatic hydroxyl groups excluding tert-OH is 1. The number of likely N-dealkylation sites (tertiary alicyclic amines) is 1. The van der Waals surface area contributed by atoms with E-state index in [1.807, 2.05) is 0 Å². The monoisotopic (exact) mass is 538 g/mol. The normalized spacial score (nSPS) is 16.7. The molecule has 0 unspecified atom stereocenters. The smallest absolute Gasteiger partial charge is 0.194 e. The number of nitrogens with zero attached hydrogens (tertiary/aromatic N) is 2. The van der Waals surface area contributed by atoms with Crippen LogP contribution in [-0.4, -0.2) is 48.3 Å². The van der Waals surface area contributed by atoms with Crippen LogP contribution >= 0.6 is 11.6 Å². The summed E-state index contributed by atoms with van der Waals surface area (Å²) in [5, 5.41) is 11.1. The summed E-state index contributed by atoms with van der Waals surface area (Å²) in [6.07, 6.45) is 3.42. The number of pyridine rings is 1. The van der Waals surface area contributed by atoms with Gasteiger partial charge in [-0.3, -0.25) is 4.98 Å². The van der Waals surface area contributed by atoms with Crippen molar-refractivity contribution in [3.63, 3.8) is 0 Å². The number of halogens is 5. The summed E-state index contributed by atoms with van der Waals surface area (Å²) in [5.74, 6) is -3.20. The molecule has 1 aliphatic heterocycles. The van der Waals surface area contributed by atoms with E-state index in [9.17, 15) is 18.3 Å². The topological polar surface area (TPSA) is 45.6 Å². The number of piperidine rings is 1. The Morgan fingerprint density at radius 1 is 1.14 bits per heavy atom. The zero-order chi connectivity index (χ0) is 26.6. The molecule has 1 atom stereocenters. The average Bonchev–Trinajstić information content (AvgIpc) is 2.90. The number of alkyl halides is 1. The van der Waals surface area contributed by atoms with E-state index >= 15 is 4.39 Å². The number of hydrogen-bond donors (Lipinski definition) is 1. The highest BCUT2D eigenvalue weighted by molar-refractivity contribution is 6.32. The van der Waals surface area contributed by atoms with E-state index in [1.165, 1.54) is 6.20 Å². The Morgan fingerprint density at radius 2 is 1.84 bits per heavy atom. The van der Waals surface area contributed by atoms with Gasteiger partial charge in [-0.15, -0.1) is 0 Å². The maximum Gasteiger partial charge on any atom is 0.194 e. The minimum atomic E-state index is -1.45. The molecule has 1 saturated heterocycles. The number of aromatic nitrogens is 1. The molecular formula is C28H31ClF4N2O2. The van der Waals surface area contributed by atoms with E-state index in [0.29, 0.717) is 66.4 Å². The molecule has 1 N–H and O–H groups in total. The fraction of sp³-hybridized carbons (Fsp3) is 0.464. The van der Waals surface area contributed by atoms with Crippen molar-refractivity contribution in [3.8, 4) is 5.75 Å². The van der Waals surface area contributed by atoms with Gasteiger partial charge in [-0.1, -0.05) is 11.6 Å². The standard InChI is InChI=1S/C28H31ClF4N2O2/c1-37-19-4-5-25-20(15-19)26(21(29)16-34-25)22(30)6-7-28(17-36)8-11-35(12-9-28)10-2-3-18-13-23(31)27(33)24(32)14-18/h4-5,13-16,22,36H,2-3,6-12,17H2,1H3/t22-/m1/s1. The van der Waals surface area contributed by atoms with Crippen molar-refractivity contribution in [2.75, 3.05) is 33.4 Å². The number of benzene rings is 2. The fourth-order valence-electron chi connectivity index (χ4n) is 5.19. The molecule has 0 bridgehead atoms. The minimum Gasteiger partial charge on any atom is -0.497 e. The van der Waals surface area contributed by atoms with Gasteiger partial charge in [0.05, 0.1) is 17.6 Å². The quantitative estimate of drug-likeness (QED) is 0.227. The predicted molar refractivity (Wildman–Crippen MR) is 136 cm³/mol. The van der Waals surface area contributed by atoms with Gasteiger partial charge in [-0.05, 0) is 99.5 Å². The van der Waals surface area contributed by atoms with E-state index in [4.69, 9.17) is 16.3 Å². The summed E-state index contributed by atoms with van der Waals surface area (Å²) in [6, 6.07) is 7.35. The Hall–Kier alpha value is -2.42. The van der Waals surface area contributed by atoms with Gasteiger partial charge in [-0.25, -0.2) is 17.6 Å². The molecule has 1 fully saturated rings. The highest BCUT2D eigenvalue weighted by Crippen LogP contribution is 2.42. The van der Waals surface area contributed by atoms with Gasteiger partial charge >= 0.3 is 0 Å². The van der Waals surface area contributed by atoms with Crippen LogP contribution in [0.4, 0.5) is 17.6 Å². The summed E-state index contributed by atoms with van der Waals surface area (Å²) in [5.41, 5.74) is 1.08. The van der Waals surface area contributed by atoms with Crippen LogP contribution in [0, 0.1) is 22.9 Å². The molecule has 200 valence electrons. The molecule has 1 aromatic heterocycles. The average molecular weight is 539 g/mol. The molecule has 3 aromatic rings. The van der Waals surface area contributed by atoms with Crippen LogP contribution in [0.2, 0.25) is 5.02 Å². The van der Waals surface area contributed by atoms with Crippen LogP contribution in [0.25, 0.3) is 10.9 Å². The van der Waals surface area contributed by atoms with Crippen molar-refractivity contribution >= 4 is 22.5 Å². The maximum absolute atomic E-state index is 15.6. The van der Waals surface area contributed by atoms with Crippen molar-refractivity contribution in [3.05, 3.63) is 70.1 Å². The largest absolute Gasteiger partial charge is 0.497 e. The first-order chi connectivity index (χ1) is 17.7. The first-order valence-corrected chi connectivity index (χ1v) is 12.9. The number of fused-ring (bicyclic) bond motifs is 1. The molecule has 1 aliphatic rings. The third kappa shape index (κ3) is 6.36. The van der Waals surface area contributed by atoms with Crippen LogP contribution in [0.5, 0.6) is 5.75 Å². The Balaban J connectivity index is 1.32. The Morgan fingerprint density at radius 3 is 2.49 bits per heavy atom. The third-order valence-electron chi connectivity index (χ3n) is 7.55. The molecular weight excluding hydrogens is 508 g/mol. The van der Waals surface area contributed by atoms with Gasteiger partial charge in [-0.2, -0.15) is 0 Å². The van der Waals surface area contributed by atoms with Gasteiger partial charge in [0.2, 0.25) is 0 Å². The number of hydrogen-bond acceptors (Lipinski definition) is 4. The van der Waals surface area contributed by atoms with Gasteiger partial charge in [0.1, 0.15) is 11.9 Å². The van der Waals surface area contributed by atoms with E-state index in [1.54, 1.807) is 25.3 Å². The molecule has 0 radical (unpaired) electrons. The van der Waals surface area contributed by atoms with Crippen molar-refractivity contribution in [2.24, 2.45) is 5.41 Å². The summed E-state index contributed by atoms with van der Waals surface area (Å²) in [4.78, 5) is 6.52. The molecule has 2 heterocycles. The predicted octanol–water partition coefficient (Wildman–Crippen LogP) is 6.81. The van der Waals surface area contributed by atoms with Crippen molar-refractivity contribution in [1.82, 2.24) is 9.88 Å². The van der Waals surface area contributed by atoms with Crippen LogP contribution < -0.4 is 4.74 Å². The van der Waals surface area contributed by atoms with Crippen molar-refractivity contribution in [1.29, 1.82) is 0 Å². The molecule has 4 nitrogen and oxygen atoms in total. The van der Waals surface area contributed by atoms with Gasteiger partial charge in [0.25, 0.3) is 0 Å². The number of methoxy groups -OCH3 is 1. The van der Waals surface area contributed by atoms with Crippen molar-refractivity contribution < 1.29 is 27.4 Å².